The highest BCUT2D eigenvalue weighted by molar-refractivity contribution is 6.22. The zero-order valence-corrected chi connectivity index (χ0v) is 12.3. The number of anilines is 1. The molecular formula is C13H18Cl2N2O. The molecule has 1 amide bonds. The molecular weight excluding hydrogens is 271 g/mol. The second kappa shape index (κ2) is 6.30. The Morgan fingerprint density at radius 3 is 2.11 bits per heavy atom. The first kappa shape index (κ1) is 15.1. The molecule has 1 N–H and O–H groups in total. The lowest BCUT2D eigenvalue weighted by Gasteiger charge is -2.26. The van der Waals surface area contributed by atoms with Gasteiger partial charge < -0.3 is 10.2 Å². The highest BCUT2D eigenvalue weighted by atomic mass is 35.5. The van der Waals surface area contributed by atoms with Crippen LogP contribution in [0, 0.1) is 0 Å². The maximum absolute atomic E-state index is 12.0. The number of hydrogen-bond donors (Lipinski definition) is 1. The Balaban J connectivity index is 2.79. The Morgan fingerprint density at radius 2 is 1.72 bits per heavy atom. The molecule has 0 saturated heterocycles. The number of amides is 1. The molecule has 3 nitrogen and oxygen atoms in total. The van der Waals surface area contributed by atoms with Crippen molar-refractivity contribution in [3.63, 3.8) is 0 Å². The first-order valence-corrected chi connectivity index (χ1v) is 6.70. The number of carbonyl (C=O) groups is 1. The zero-order chi connectivity index (χ0) is 13.8. The van der Waals surface area contributed by atoms with E-state index in [1.807, 2.05) is 38.1 Å². The van der Waals surface area contributed by atoms with Gasteiger partial charge in [0.2, 0.25) is 0 Å². The predicted molar refractivity (Wildman–Crippen MR) is 78.1 cm³/mol. The van der Waals surface area contributed by atoms with Crippen LogP contribution in [-0.2, 0) is 0 Å². The van der Waals surface area contributed by atoms with E-state index in [9.17, 15) is 4.79 Å². The van der Waals surface area contributed by atoms with Crippen molar-refractivity contribution in [1.82, 2.24) is 5.32 Å². The summed E-state index contributed by atoms with van der Waals surface area (Å²) in [6.07, 6.45) is 0. The quantitative estimate of drug-likeness (QED) is 0.845. The molecule has 0 aliphatic carbocycles. The van der Waals surface area contributed by atoms with E-state index in [2.05, 4.69) is 5.32 Å². The summed E-state index contributed by atoms with van der Waals surface area (Å²) in [6.45, 7) is 1.82. The van der Waals surface area contributed by atoms with Crippen molar-refractivity contribution in [3.05, 3.63) is 29.8 Å². The van der Waals surface area contributed by atoms with Crippen LogP contribution in [0.25, 0.3) is 0 Å². The molecule has 1 aromatic rings. The molecule has 1 aromatic carbocycles. The molecule has 0 heterocycles. The van der Waals surface area contributed by atoms with Crippen molar-refractivity contribution in [2.24, 2.45) is 0 Å². The fraction of sp³-hybridized carbons (Fsp3) is 0.462. The van der Waals surface area contributed by atoms with Gasteiger partial charge in [-0.05, 0) is 31.2 Å². The van der Waals surface area contributed by atoms with Gasteiger partial charge in [-0.15, -0.1) is 23.2 Å². The molecule has 0 saturated carbocycles. The molecule has 0 radical (unpaired) electrons. The molecule has 0 aromatic heterocycles. The number of benzene rings is 1. The van der Waals surface area contributed by atoms with Gasteiger partial charge in [0.15, 0.2) is 0 Å². The summed E-state index contributed by atoms with van der Waals surface area (Å²) in [5.41, 5.74) is 1.06. The van der Waals surface area contributed by atoms with E-state index in [0.29, 0.717) is 5.56 Å². The minimum absolute atomic E-state index is 0.163. The van der Waals surface area contributed by atoms with Gasteiger partial charge in [-0.3, -0.25) is 4.79 Å². The van der Waals surface area contributed by atoms with Gasteiger partial charge in [0, 0.05) is 37.1 Å². The molecule has 0 bridgehead atoms. The van der Waals surface area contributed by atoms with Crippen molar-refractivity contribution >= 4 is 34.8 Å². The SMILES string of the molecule is CN(C)c1ccc(C(=O)NC(C)(CCl)CCl)cc1. The molecule has 18 heavy (non-hydrogen) atoms. The number of carbonyl (C=O) groups excluding carboxylic acids is 1. The Labute approximate surface area is 118 Å². The third kappa shape index (κ3) is 3.79. The Kier molecular flexibility index (Phi) is 5.29. The van der Waals surface area contributed by atoms with Crippen LogP contribution in [0.1, 0.15) is 17.3 Å². The molecule has 0 aliphatic heterocycles. The monoisotopic (exact) mass is 288 g/mol. The van der Waals surface area contributed by atoms with Crippen LogP contribution in [0.5, 0.6) is 0 Å². The molecule has 100 valence electrons. The third-order valence-electron chi connectivity index (χ3n) is 2.65. The number of halogens is 2. The van der Waals surface area contributed by atoms with E-state index in [4.69, 9.17) is 23.2 Å². The second-order valence-corrected chi connectivity index (χ2v) is 5.26. The molecule has 5 heteroatoms. The minimum Gasteiger partial charge on any atom is -0.378 e. The van der Waals surface area contributed by atoms with Crippen LogP contribution in [0.4, 0.5) is 5.69 Å². The Hall–Kier alpha value is -0.930. The summed E-state index contributed by atoms with van der Waals surface area (Å²) in [6, 6.07) is 7.36. The van der Waals surface area contributed by atoms with Gasteiger partial charge in [-0.1, -0.05) is 0 Å². The van der Waals surface area contributed by atoms with Crippen LogP contribution in [0.15, 0.2) is 24.3 Å². The van der Waals surface area contributed by atoms with E-state index in [1.165, 1.54) is 0 Å². The normalized spacial score (nSPS) is 11.2. The lowest BCUT2D eigenvalue weighted by Crippen LogP contribution is -2.49. The largest absolute Gasteiger partial charge is 0.378 e. The average Bonchev–Trinajstić information content (AvgIpc) is 2.38. The fourth-order valence-electron chi connectivity index (χ4n) is 1.36. The summed E-state index contributed by atoms with van der Waals surface area (Å²) < 4.78 is 0. The van der Waals surface area contributed by atoms with Gasteiger partial charge in [0.05, 0.1) is 5.54 Å². The van der Waals surface area contributed by atoms with Crippen LogP contribution < -0.4 is 10.2 Å². The first-order valence-electron chi connectivity index (χ1n) is 5.64. The third-order valence-corrected chi connectivity index (χ3v) is 3.83. The fourth-order valence-corrected chi connectivity index (χ4v) is 1.78. The van der Waals surface area contributed by atoms with Crippen LogP contribution >= 0.6 is 23.2 Å². The van der Waals surface area contributed by atoms with Crippen LogP contribution in [0.2, 0.25) is 0 Å². The van der Waals surface area contributed by atoms with Crippen molar-refractivity contribution in [2.75, 3.05) is 30.8 Å². The predicted octanol–water partition coefficient (Wildman–Crippen LogP) is 2.72. The molecule has 0 unspecified atom stereocenters. The maximum Gasteiger partial charge on any atom is 0.251 e. The van der Waals surface area contributed by atoms with E-state index >= 15 is 0 Å². The number of rotatable bonds is 5. The van der Waals surface area contributed by atoms with Crippen molar-refractivity contribution in [3.8, 4) is 0 Å². The van der Waals surface area contributed by atoms with Gasteiger partial charge in [0.25, 0.3) is 5.91 Å². The average molecular weight is 289 g/mol. The second-order valence-electron chi connectivity index (χ2n) is 4.72. The zero-order valence-electron chi connectivity index (χ0n) is 10.8. The lowest BCUT2D eigenvalue weighted by atomic mass is 10.1. The van der Waals surface area contributed by atoms with Gasteiger partial charge in [0.1, 0.15) is 0 Å². The van der Waals surface area contributed by atoms with Crippen LogP contribution in [-0.4, -0.2) is 37.3 Å². The van der Waals surface area contributed by atoms with Crippen molar-refractivity contribution in [2.45, 2.75) is 12.5 Å². The lowest BCUT2D eigenvalue weighted by molar-refractivity contribution is 0.0921. The number of hydrogen-bond acceptors (Lipinski definition) is 2. The topological polar surface area (TPSA) is 32.3 Å². The number of alkyl halides is 2. The van der Waals surface area contributed by atoms with E-state index < -0.39 is 5.54 Å². The van der Waals surface area contributed by atoms with Gasteiger partial charge in [-0.2, -0.15) is 0 Å². The van der Waals surface area contributed by atoms with Crippen molar-refractivity contribution in [1.29, 1.82) is 0 Å². The molecule has 1 rings (SSSR count). The number of nitrogens with zero attached hydrogens (tertiary/aromatic N) is 1. The summed E-state index contributed by atoms with van der Waals surface area (Å²) in [5.74, 6) is 0.389. The maximum atomic E-state index is 12.0. The van der Waals surface area contributed by atoms with Crippen LogP contribution in [0.3, 0.4) is 0 Å². The van der Waals surface area contributed by atoms with Gasteiger partial charge in [-0.25, -0.2) is 0 Å². The summed E-state index contributed by atoms with van der Waals surface area (Å²) in [5, 5.41) is 2.84. The summed E-state index contributed by atoms with van der Waals surface area (Å²) in [7, 11) is 3.90. The van der Waals surface area contributed by atoms with Crippen molar-refractivity contribution < 1.29 is 4.79 Å². The summed E-state index contributed by atoms with van der Waals surface area (Å²) >= 11 is 11.6. The molecule has 0 aliphatic rings. The van der Waals surface area contributed by atoms with E-state index in [1.54, 1.807) is 12.1 Å². The highest BCUT2D eigenvalue weighted by Gasteiger charge is 2.24. The minimum atomic E-state index is -0.583. The van der Waals surface area contributed by atoms with E-state index in [-0.39, 0.29) is 17.7 Å². The van der Waals surface area contributed by atoms with E-state index in [0.717, 1.165) is 5.69 Å². The molecule has 0 fully saturated rings. The Morgan fingerprint density at radius 1 is 1.22 bits per heavy atom. The highest BCUT2D eigenvalue weighted by Crippen LogP contribution is 2.14. The Bertz CT molecular complexity index is 400. The molecule has 0 spiro atoms. The first-order chi connectivity index (χ1) is 8.41. The smallest absolute Gasteiger partial charge is 0.251 e. The summed E-state index contributed by atoms with van der Waals surface area (Å²) in [4.78, 5) is 14.0. The molecule has 0 atom stereocenters. The standard InChI is InChI=1S/C13H18Cl2N2O/c1-13(8-14,9-15)16-12(18)10-4-6-11(7-5-10)17(2)3/h4-7H,8-9H2,1-3H3,(H,16,18). The van der Waals surface area contributed by atoms with Gasteiger partial charge >= 0.3 is 0 Å². The number of nitrogens with one attached hydrogen (secondary N) is 1.